The molecule has 2 amide bonds. The summed E-state index contributed by atoms with van der Waals surface area (Å²) in [4.78, 5) is 24.1. The standard InChI is InChI=1S/C22H25F3N2O2/c1-15-7-10-17(11-8-15)5-3-4-6-20(28)27-19-13-18(12-9-16(19)2)21(29)26-14-22(23,24)25/h7-13H,3-6,14H2,1-2H3,(H,26,29)(H,27,28). The van der Waals surface area contributed by atoms with Crippen molar-refractivity contribution in [3.05, 3.63) is 64.7 Å². The van der Waals surface area contributed by atoms with E-state index in [2.05, 4.69) is 29.6 Å². The van der Waals surface area contributed by atoms with Gasteiger partial charge in [-0.25, -0.2) is 0 Å². The number of alkyl halides is 3. The number of carbonyl (C=O) groups excluding carboxylic acids is 2. The second-order valence-corrected chi connectivity index (χ2v) is 7.07. The smallest absolute Gasteiger partial charge is 0.343 e. The Bertz CT molecular complexity index is 846. The summed E-state index contributed by atoms with van der Waals surface area (Å²) < 4.78 is 36.7. The van der Waals surface area contributed by atoms with Crippen molar-refractivity contribution in [3.8, 4) is 0 Å². The van der Waals surface area contributed by atoms with Crippen LogP contribution in [0.4, 0.5) is 18.9 Å². The predicted octanol–water partition coefficient (Wildman–Crippen LogP) is 4.95. The van der Waals surface area contributed by atoms with Crippen LogP contribution in [0.2, 0.25) is 0 Å². The molecule has 7 heteroatoms. The fourth-order valence-electron chi connectivity index (χ4n) is 2.76. The van der Waals surface area contributed by atoms with Crippen LogP contribution in [-0.4, -0.2) is 24.5 Å². The molecule has 2 aromatic rings. The first-order chi connectivity index (χ1) is 13.6. The summed E-state index contributed by atoms with van der Waals surface area (Å²) >= 11 is 0. The number of hydrogen-bond donors (Lipinski definition) is 2. The molecule has 2 N–H and O–H groups in total. The van der Waals surface area contributed by atoms with E-state index in [0.29, 0.717) is 18.5 Å². The molecule has 2 aromatic carbocycles. The quantitative estimate of drug-likeness (QED) is 0.610. The largest absolute Gasteiger partial charge is 0.405 e. The maximum atomic E-state index is 12.2. The summed E-state index contributed by atoms with van der Waals surface area (Å²) in [6, 6.07) is 12.7. The van der Waals surface area contributed by atoms with Crippen molar-refractivity contribution in [1.82, 2.24) is 5.32 Å². The van der Waals surface area contributed by atoms with Crippen LogP contribution in [-0.2, 0) is 11.2 Å². The molecule has 0 fully saturated rings. The first kappa shape index (κ1) is 22.5. The minimum absolute atomic E-state index is 0.0644. The number of carbonyl (C=O) groups is 2. The van der Waals surface area contributed by atoms with E-state index in [1.165, 1.54) is 23.3 Å². The molecular weight excluding hydrogens is 381 g/mol. The van der Waals surface area contributed by atoms with Gasteiger partial charge in [-0.05, 0) is 56.4 Å². The van der Waals surface area contributed by atoms with Crippen LogP contribution in [0.25, 0.3) is 0 Å². The molecule has 4 nitrogen and oxygen atoms in total. The molecule has 0 spiro atoms. The zero-order valence-corrected chi connectivity index (χ0v) is 16.5. The van der Waals surface area contributed by atoms with Gasteiger partial charge in [0.15, 0.2) is 0 Å². The van der Waals surface area contributed by atoms with Gasteiger partial charge in [0.2, 0.25) is 5.91 Å². The molecule has 0 heterocycles. The number of anilines is 1. The van der Waals surface area contributed by atoms with Crippen molar-refractivity contribution in [2.45, 2.75) is 45.7 Å². The van der Waals surface area contributed by atoms with Gasteiger partial charge in [-0.1, -0.05) is 35.9 Å². The van der Waals surface area contributed by atoms with E-state index in [0.717, 1.165) is 18.4 Å². The molecule has 2 rings (SSSR count). The molecule has 29 heavy (non-hydrogen) atoms. The van der Waals surface area contributed by atoms with E-state index < -0.39 is 18.6 Å². The average molecular weight is 406 g/mol. The molecule has 0 saturated heterocycles. The van der Waals surface area contributed by atoms with E-state index in [-0.39, 0.29) is 11.5 Å². The van der Waals surface area contributed by atoms with Gasteiger partial charge in [-0.15, -0.1) is 0 Å². The first-order valence-electron chi connectivity index (χ1n) is 9.45. The highest BCUT2D eigenvalue weighted by atomic mass is 19.4. The number of benzene rings is 2. The normalized spacial score (nSPS) is 11.2. The molecule has 0 aliphatic rings. The van der Waals surface area contributed by atoms with Crippen molar-refractivity contribution in [1.29, 1.82) is 0 Å². The lowest BCUT2D eigenvalue weighted by Gasteiger charge is -2.12. The third-order valence-electron chi connectivity index (χ3n) is 4.46. The van der Waals surface area contributed by atoms with Crippen LogP contribution in [0.1, 0.15) is 46.3 Å². The Hall–Kier alpha value is -2.83. The van der Waals surface area contributed by atoms with E-state index in [1.807, 2.05) is 12.2 Å². The highest BCUT2D eigenvalue weighted by molar-refractivity contribution is 5.97. The lowest BCUT2D eigenvalue weighted by molar-refractivity contribution is -0.123. The maximum absolute atomic E-state index is 12.2. The van der Waals surface area contributed by atoms with Crippen LogP contribution in [0.3, 0.4) is 0 Å². The molecule has 0 aliphatic heterocycles. The highest BCUT2D eigenvalue weighted by Crippen LogP contribution is 2.19. The Morgan fingerprint density at radius 2 is 1.66 bits per heavy atom. The minimum Gasteiger partial charge on any atom is -0.343 e. The topological polar surface area (TPSA) is 58.2 Å². The van der Waals surface area contributed by atoms with Crippen LogP contribution >= 0.6 is 0 Å². The van der Waals surface area contributed by atoms with Crippen LogP contribution < -0.4 is 10.6 Å². The van der Waals surface area contributed by atoms with E-state index in [9.17, 15) is 22.8 Å². The summed E-state index contributed by atoms with van der Waals surface area (Å²) in [6.07, 6.45) is -1.67. The van der Waals surface area contributed by atoms with E-state index >= 15 is 0 Å². The molecule has 0 saturated carbocycles. The third-order valence-corrected chi connectivity index (χ3v) is 4.46. The zero-order chi connectivity index (χ0) is 21.4. The Morgan fingerprint density at radius 1 is 0.966 bits per heavy atom. The number of hydrogen-bond acceptors (Lipinski definition) is 2. The Balaban J connectivity index is 1.84. The monoisotopic (exact) mass is 406 g/mol. The van der Waals surface area contributed by atoms with E-state index in [4.69, 9.17) is 0 Å². The van der Waals surface area contributed by atoms with E-state index in [1.54, 1.807) is 13.0 Å². The van der Waals surface area contributed by atoms with Gasteiger partial charge < -0.3 is 10.6 Å². The number of nitrogens with one attached hydrogen (secondary N) is 2. The fourth-order valence-corrected chi connectivity index (χ4v) is 2.76. The summed E-state index contributed by atoms with van der Waals surface area (Å²) in [6.45, 7) is 2.39. The lowest BCUT2D eigenvalue weighted by atomic mass is 10.1. The molecule has 156 valence electrons. The van der Waals surface area contributed by atoms with Gasteiger partial charge in [0, 0.05) is 17.7 Å². The molecule has 0 atom stereocenters. The van der Waals surface area contributed by atoms with Gasteiger partial charge in [0.05, 0.1) is 0 Å². The van der Waals surface area contributed by atoms with Crippen LogP contribution in [0, 0.1) is 13.8 Å². The van der Waals surface area contributed by atoms with Gasteiger partial charge in [-0.3, -0.25) is 9.59 Å². The third kappa shape index (κ3) is 7.97. The second-order valence-electron chi connectivity index (χ2n) is 7.07. The van der Waals surface area contributed by atoms with Gasteiger partial charge in [0.25, 0.3) is 5.91 Å². The minimum atomic E-state index is -4.48. The number of unbranched alkanes of at least 4 members (excludes halogenated alkanes) is 1. The number of aryl methyl sites for hydroxylation is 3. The summed E-state index contributed by atoms with van der Waals surface area (Å²) in [5.41, 5.74) is 3.65. The zero-order valence-electron chi connectivity index (χ0n) is 16.5. The van der Waals surface area contributed by atoms with Crippen molar-refractivity contribution in [3.63, 3.8) is 0 Å². The molecule has 0 bridgehead atoms. The molecule has 0 aliphatic carbocycles. The number of rotatable bonds is 8. The summed E-state index contributed by atoms with van der Waals surface area (Å²) in [5, 5.41) is 4.57. The lowest BCUT2D eigenvalue weighted by Crippen LogP contribution is -2.33. The number of halogens is 3. The first-order valence-corrected chi connectivity index (χ1v) is 9.45. The Labute approximate surface area is 168 Å². The molecule has 0 aromatic heterocycles. The Kier molecular flexibility index (Phi) is 7.82. The van der Waals surface area contributed by atoms with Crippen molar-refractivity contribution >= 4 is 17.5 Å². The SMILES string of the molecule is Cc1ccc(CCCCC(=O)Nc2cc(C(=O)NCC(F)(F)F)ccc2C)cc1. The van der Waals surface area contributed by atoms with Gasteiger partial charge in [0.1, 0.15) is 6.54 Å². The molecular formula is C22H25F3N2O2. The fraction of sp³-hybridized carbons (Fsp3) is 0.364. The highest BCUT2D eigenvalue weighted by Gasteiger charge is 2.28. The van der Waals surface area contributed by atoms with Crippen molar-refractivity contribution < 1.29 is 22.8 Å². The van der Waals surface area contributed by atoms with Crippen molar-refractivity contribution in [2.24, 2.45) is 0 Å². The average Bonchev–Trinajstić information content (AvgIpc) is 2.66. The molecule has 0 radical (unpaired) electrons. The predicted molar refractivity (Wildman–Crippen MR) is 107 cm³/mol. The summed E-state index contributed by atoms with van der Waals surface area (Å²) in [7, 11) is 0. The van der Waals surface area contributed by atoms with Crippen LogP contribution in [0.5, 0.6) is 0 Å². The van der Waals surface area contributed by atoms with Gasteiger partial charge >= 0.3 is 6.18 Å². The second kappa shape index (κ2) is 10.1. The van der Waals surface area contributed by atoms with Crippen LogP contribution in [0.15, 0.2) is 42.5 Å². The van der Waals surface area contributed by atoms with Gasteiger partial charge in [-0.2, -0.15) is 13.2 Å². The number of amides is 2. The van der Waals surface area contributed by atoms with Crippen molar-refractivity contribution in [2.75, 3.05) is 11.9 Å². The maximum Gasteiger partial charge on any atom is 0.405 e. The summed E-state index contributed by atoms with van der Waals surface area (Å²) in [5.74, 6) is -1.03. The molecule has 0 unspecified atom stereocenters. The Morgan fingerprint density at radius 3 is 2.31 bits per heavy atom.